The van der Waals surface area contributed by atoms with Gasteiger partial charge in [-0.1, -0.05) is 24.1 Å². The van der Waals surface area contributed by atoms with Gasteiger partial charge in [-0.3, -0.25) is 0 Å². The third kappa shape index (κ3) is 3.77. The van der Waals surface area contributed by atoms with Gasteiger partial charge in [0.2, 0.25) is 0 Å². The van der Waals surface area contributed by atoms with E-state index >= 15 is 0 Å². The van der Waals surface area contributed by atoms with Gasteiger partial charge >= 0.3 is 0 Å². The highest BCUT2D eigenvalue weighted by Gasteiger charge is 2.35. The standard InChI is InChI=1S/C16H25NO3S/c1-12-7-8-15(20-3)13(10-12)11-14(17-2)16-6-4-5-9-21(16,18)19/h7-8,10,14,16-17H,4-6,9,11H2,1-3H3. The van der Waals surface area contributed by atoms with Gasteiger partial charge in [-0.25, -0.2) is 8.42 Å². The van der Waals surface area contributed by atoms with Gasteiger partial charge in [-0.15, -0.1) is 0 Å². The van der Waals surface area contributed by atoms with Gasteiger partial charge in [-0.2, -0.15) is 0 Å². The molecule has 1 N–H and O–H groups in total. The number of rotatable bonds is 5. The van der Waals surface area contributed by atoms with Crippen LogP contribution < -0.4 is 10.1 Å². The van der Waals surface area contributed by atoms with Gasteiger partial charge in [-0.05, 0) is 44.9 Å². The Labute approximate surface area is 127 Å². The molecule has 0 spiro atoms. The third-order valence-electron chi connectivity index (χ3n) is 4.32. The van der Waals surface area contributed by atoms with Crippen LogP contribution in [-0.4, -0.2) is 39.6 Å². The number of benzene rings is 1. The Hall–Kier alpha value is -1.07. The predicted octanol–water partition coefficient (Wildman–Crippen LogP) is 2.10. The fraction of sp³-hybridized carbons (Fsp3) is 0.625. The number of hydrogen-bond donors (Lipinski definition) is 1. The van der Waals surface area contributed by atoms with Crippen LogP contribution in [0.5, 0.6) is 5.75 Å². The van der Waals surface area contributed by atoms with Crippen molar-refractivity contribution in [3.05, 3.63) is 29.3 Å². The summed E-state index contributed by atoms with van der Waals surface area (Å²) in [5.41, 5.74) is 2.23. The maximum absolute atomic E-state index is 12.3. The molecule has 1 heterocycles. The molecule has 1 aromatic carbocycles. The maximum Gasteiger partial charge on any atom is 0.154 e. The minimum Gasteiger partial charge on any atom is -0.496 e. The van der Waals surface area contributed by atoms with E-state index in [4.69, 9.17) is 4.74 Å². The maximum atomic E-state index is 12.3. The molecule has 0 aliphatic carbocycles. The van der Waals surface area contributed by atoms with Crippen molar-refractivity contribution in [1.82, 2.24) is 5.32 Å². The van der Waals surface area contributed by atoms with Gasteiger partial charge in [0.1, 0.15) is 5.75 Å². The van der Waals surface area contributed by atoms with Crippen molar-refractivity contribution in [3.8, 4) is 5.75 Å². The number of methoxy groups -OCH3 is 1. The van der Waals surface area contributed by atoms with Crippen LogP contribution in [0, 0.1) is 6.92 Å². The Morgan fingerprint density at radius 1 is 1.38 bits per heavy atom. The molecule has 4 nitrogen and oxygen atoms in total. The second-order valence-corrected chi connectivity index (χ2v) is 8.16. The molecule has 118 valence electrons. The van der Waals surface area contributed by atoms with E-state index < -0.39 is 9.84 Å². The summed E-state index contributed by atoms with van der Waals surface area (Å²) in [5, 5.41) is 2.92. The van der Waals surface area contributed by atoms with Crippen molar-refractivity contribution in [1.29, 1.82) is 0 Å². The van der Waals surface area contributed by atoms with Gasteiger partial charge in [0, 0.05) is 6.04 Å². The minimum absolute atomic E-state index is 0.0639. The van der Waals surface area contributed by atoms with E-state index in [9.17, 15) is 8.42 Å². The van der Waals surface area contributed by atoms with E-state index in [-0.39, 0.29) is 11.3 Å². The molecule has 1 aliphatic rings. The summed E-state index contributed by atoms with van der Waals surface area (Å²) in [4.78, 5) is 0. The minimum atomic E-state index is -2.99. The second-order valence-electron chi connectivity index (χ2n) is 5.82. The summed E-state index contributed by atoms with van der Waals surface area (Å²) in [5.74, 6) is 1.15. The molecule has 1 aromatic rings. The van der Waals surface area contributed by atoms with Crippen molar-refractivity contribution in [3.63, 3.8) is 0 Å². The first-order valence-corrected chi connectivity index (χ1v) is 9.22. The fourth-order valence-corrected chi connectivity index (χ4v) is 5.32. The van der Waals surface area contributed by atoms with Crippen molar-refractivity contribution in [2.45, 2.75) is 43.9 Å². The zero-order valence-corrected chi connectivity index (χ0v) is 13.9. The molecule has 0 radical (unpaired) electrons. The normalized spacial score (nSPS) is 22.7. The molecule has 1 fully saturated rings. The zero-order chi connectivity index (χ0) is 15.5. The average molecular weight is 311 g/mol. The van der Waals surface area contributed by atoms with E-state index in [0.29, 0.717) is 12.2 Å². The van der Waals surface area contributed by atoms with Gasteiger partial charge in [0.05, 0.1) is 18.1 Å². The highest BCUT2D eigenvalue weighted by atomic mass is 32.2. The van der Waals surface area contributed by atoms with E-state index in [1.807, 2.05) is 26.1 Å². The number of hydrogen-bond acceptors (Lipinski definition) is 4. The second kappa shape index (κ2) is 6.79. The average Bonchev–Trinajstić information content (AvgIpc) is 2.45. The molecule has 0 amide bonds. The van der Waals surface area contributed by atoms with Gasteiger partial charge in [0.25, 0.3) is 0 Å². The Morgan fingerprint density at radius 2 is 2.14 bits per heavy atom. The Kier molecular flexibility index (Phi) is 5.27. The predicted molar refractivity (Wildman–Crippen MR) is 85.7 cm³/mol. The van der Waals surface area contributed by atoms with Crippen molar-refractivity contribution >= 4 is 9.84 Å². The van der Waals surface area contributed by atoms with Crippen LogP contribution >= 0.6 is 0 Å². The zero-order valence-electron chi connectivity index (χ0n) is 13.1. The van der Waals surface area contributed by atoms with Crippen LogP contribution in [0.25, 0.3) is 0 Å². The molecule has 0 bridgehead atoms. The number of nitrogens with one attached hydrogen (secondary N) is 1. The van der Waals surface area contributed by atoms with Crippen LogP contribution in [0.15, 0.2) is 18.2 Å². The summed E-state index contributed by atoms with van der Waals surface area (Å²) in [6, 6.07) is 5.98. The lowest BCUT2D eigenvalue weighted by Crippen LogP contribution is -2.46. The van der Waals surface area contributed by atoms with E-state index in [2.05, 4.69) is 11.4 Å². The first-order chi connectivity index (χ1) is 9.97. The monoisotopic (exact) mass is 311 g/mol. The van der Waals surface area contributed by atoms with E-state index in [0.717, 1.165) is 36.1 Å². The van der Waals surface area contributed by atoms with Crippen molar-refractivity contribution in [2.24, 2.45) is 0 Å². The van der Waals surface area contributed by atoms with Crippen molar-refractivity contribution < 1.29 is 13.2 Å². The van der Waals surface area contributed by atoms with E-state index in [1.54, 1.807) is 7.11 Å². The molecule has 21 heavy (non-hydrogen) atoms. The number of likely N-dealkylation sites (N-methyl/N-ethyl adjacent to an activating group) is 1. The highest BCUT2D eigenvalue weighted by Crippen LogP contribution is 2.27. The Morgan fingerprint density at radius 3 is 2.76 bits per heavy atom. The van der Waals surface area contributed by atoms with Crippen LogP contribution in [-0.2, 0) is 16.3 Å². The summed E-state index contributed by atoms with van der Waals surface area (Å²) < 4.78 is 30.1. The van der Waals surface area contributed by atoms with Crippen LogP contribution in [0.3, 0.4) is 0 Å². The smallest absolute Gasteiger partial charge is 0.154 e. The van der Waals surface area contributed by atoms with E-state index in [1.165, 1.54) is 0 Å². The molecule has 2 atom stereocenters. The third-order valence-corrected chi connectivity index (χ3v) is 6.67. The lowest BCUT2D eigenvalue weighted by atomic mass is 9.98. The topological polar surface area (TPSA) is 55.4 Å². The molecule has 0 saturated carbocycles. The quantitative estimate of drug-likeness (QED) is 0.905. The molecular formula is C16H25NO3S. The summed E-state index contributed by atoms with van der Waals surface area (Å²) in [6.45, 7) is 2.04. The lowest BCUT2D eigenvalue weighted by molar-refractivity contribution is 0.401. The van der Waals surface area contributed by atoms with Crippen LogP contribution in [0.2, 0.25) is 0 Å². The number of sulfone groups is 1. The molecule has 1 saturated heterocycles. The first kappa shape index (κ1) is 16.3. The molecule has 1 aliphatic heterocycles. The largest absolute Gasteiger partial charge is 0.496 e. The number of aryl methyl sites for hydroxylation is 1. The van der Waals surface area contributed by atoms with Crippen molar-refractivity contribution in [2.75, 3.05) is 19.9 Å². The highest BCUT2D eigenvalue weighted by molar-refractivity contribution is 7.92. The lowest BCUT2D eigenvalue weighted by Gasteiger charge is -2.30. The summed E-state index contributed by atoms with van der Waals surface area (Å²) >= 11 is 0. The van der Waals surface area contributed by atoms with Crippen LogP contribution in [0.1, 0.15) is 30.4 Å². The van der Waals surface area contributed by atoms with Crippen LogP contribution in [0.4, 0.5) is 0 Å². The fourth-order valence-electron chi connectivity index (χ4n) is 3.15. The van der Waals surface area contributed by atoms with Gasteiger partial charge < -0.3 is 10.1 Å². The molecule has 2 rings (SSSR count). The SMILES string of the molecule is CNC(Cc1cc(C)ccc1OC)C1CCCCS1(=O)=O. The molecule has 2 unspecified atom stereocenters. The summed E-state index contributed by atoms with van der Waals surface area (Å²) in [7, 11) is 0.509. The summed E-state index contributed by atoms with van der Waals surface area (Å²) in [6.07, 6.45) is 3.21. The Balaban J connectivity index is 2.25. The number of ether oxygens (including phenoxy) is 1. The first-order valence-electron chi connectivity index (χ1n) is 7.50. The van der Waals surface area contributed by atoms with Gasteiger partial charge in [0.15, 0.2) is 9.84 Å². The molecule has 5 heteroatoms. The Bertz CT molecular complexity index is 583. The molecular weight excluding hydrogens is 286 g/mol. The molecule has 0 aromatic heterocycles.